The second kappa shape index (κ2) is 7.57. The molecule has 1 aliphatic heterocycles. The molecule has 1 aromatic carbocycles. The van der Waals surface area contributed by atoms with Gasteiger partial charge in [0.05, 0.1) is 24.4 Å². The van der Waals surface area contributed by atoms with Crippen LogP contribution in [0.1, 0.15) is 18.9 Å². The summed E-state index contributed by atoms with van der Waals surface area (Å²) in [5.41, 5.74) is 2.65. The van der Waals surface area contributed by atoms with Gasteiger partial charge in [-0.05, 0) is 42.7 Å². The fraction of sp³-hybridized carbons (Fsp3) is 0.348. The van der Waals surface area contributed by atoms with Gasteiger partial charge in [-0.3, -0.25) is 9.59 Å². The molecule has 0 unspecified atom stereocenters. The Morgan fingerprint density at radius 1 is 1.27 bits per heavy atom. The monoisotopic (exact) mass is 410 g/mol. The van der Waals surface area contributed by atoms with Crippen LogP contribution in [-0.4, -0.2) is 46.7 Å². The molecule has 1 saturated heterocycles. The Labute approximate surface area is 173 Å². The number of ketones is 1. The highest BCUT2D eigenvalue weighted by atomic mass is 16.6. The number of ether oxygens (including phenoxy) is 2. The first-order chi connectivity index (χ1) is 14.3. The molecular formula is C23H22O7. The van der Waals surface area contributed by atoms with Crippen LogP contribution in [0.5, 0.6) is 5.75 Å². The second-order valence-corrected chi connectivity index (χ2v) is 7.95. The average Bonchev–Trinajstić information content (AvgIpc) is 3.14. The first kappa shape index (κ1) is 20.1. The van der Waals surface area contributed by atoms with Crippen molar-refractivity contribution in [2.45, 2.75) is 32.0 Å². The number of aromatic hydroxyl groups is 1. The zero-order valence-corrected chi connectivity index (χ0v) is 16.5. The summed E-state index contributed by atoms with van der Waals surface area (Å²) in [6.45, 7) is 5.42. The van der Waals surface area contributed by atoms with Crippen molar-refractivity contribution in [1.82, 2.24) is 0 Å². The van der Waals surface area contributed by atoms with Gasteiger partial charge in [0.1, 0.15) is 18.5 Å². The molecule has 0 spiro atoms. The maximum atomic E-state index is 12.7. The molecule has 30 heavy (non-hydrogen) atoms. The van der Waals surface area contributed by atoms with E-state index >= 15 is 0 Å². The minimum atomic E-state index is -0.877. The van der Waals surface area contributed by atoms with Gasteiger partial charge in [0.2, 0.25) is 0 Å². The Bertz CT molecular complexity index is 999. The summed E-state index contributed by atoms with van der Waals surface area (Å²) in [5.74, 6) is -2.36. The van der Waals surface area contributed by atoms with Crippen LogP contribution in [-0.2, 0) is 30.3 Å². The van der Waals surface area contributed by atoms with E-state index in [-0.39, 0.29) is 36.6 Å². The number of hydrogen-bond donors (Lipinski definition) is 2. The average molecular weight is 410 g/mol. The Morgan fingerprint density at radius 2 is 1.97 bits per heavy atom. The first-order valence-corrected chi connectivity index (χ1v) is 9.72. The first-order valence-electron chi connectivity index (χ1n) is 9.72. The number of allylic oxidation sites excluding steroid dienone is 1. The zero-order chi connectivity index (χ0) is 21.6. The number of carbonyl (C=O) groups is 3. The predicted molar refractivity (Wildman–Crippen MR) is 105 cm³/mol. The molecule has 0 amide bonds. The number of rotatable bonds is 4. The SMILES string of the molecule is C=C1C(=O)O[C@@H]2[C@H]3C(COC(=O)Cc4ccc(O)cc4)=CC(=O)C3=C(C)C[C@@H](O)[C@@H]12. The minimum Gasteiger partial charge on any atom is -0.508 e. The maximum Gasteiger partial charge on any atom is 0.334 e. The molecular weight excluding hydrogens is 388 g/mol. The molecule has 4 atom stereocenters. The number of aliphatic hydroxyl groups excluding tert-OH is 1. The van der Waals surface area contributed by atoms with Gasteiger partial charge in [0.15, 0.2) is 5.78 Å². The van der Waals surface area contributed by atoms with Crippen molar-refractivity contribution in [2.24, 2.45) is 11.8 Å². The molecule has 156 valence electrons. The van der Waals surface area contributed by atoms with Crippen molar-refractivity contribution in [1.29, 1.82) is 0 Å². The van der Waals surface area contributed by atoms with E-state index in [4.69, 9.17) is 9.47 Å². The van der Waals surface area contributed by atoms with Gasteiger partial charge in [-0.25, -0.2) is 4.79 Å². The van der Waals surface area contributed by atoms with Gasteiger partial charge < -0.3 is 19.7 Å². The van der Waals surface area contributed by atoms with E-state index < -0.39 is 36.0 Å². The molecule has 0 bridgehead atoms. The van der Waals surface area contributed by atoms with Crippen LogP contribution in [0.3, 0.4) is 0 Å². The topological polar surface area (TPSA) is 110 Å². The fourth-order valence-corrected chi connectivity index (χ4v) is 4.54. The summed E-state index contributed by atoms with van der Waals surface area (Å²) >= 11 is 0. The molecule has 0 aromatic heterocycles. The smallest absolute Gasteiger partial charge is 0.334 e. The molecule has 3 aliphatic rings. The van der Waals surface area contributed by atoms with Gasteiger partial charge in [-0.2, -0.15) is 0 Å². The van der Waals surface area contributed by atoms with E-state index in [9.17, 15) is 24.6 Å². The molecule has 7 heteroatoms. The lowest BCUT2D eigenvalue weighted by atomic mass is 9.82. The summed E-state index contributed by atoms with van der Waals surface area (Å²) in [4.78, 5) is 37.0. The lowest BCUT2D eigenvalue weighted by Gasteiger charge is -2.26. The molecule has 2 aliphatic carbocycles. The van der Waals surface area contributed by atoms with Gasteiger partial charge >= 0.3 is 11.9 Å². The lowest BCUT2D eigenvalue weighted by molar-refractivity contribution is -0.144. The van der Waals surface area contributed by atoms with E-state index in [2.05, 4.69) is 6.58 Å². The van der Waals surface area contributed by atoms with Crippen LogP contribution >= 0.6 is 0 Å². The number of fused-ring (bicyclic) bond motifs is 3. The highest BCUT2D eigenvalue weighted by Crippen LogP contribution is 2.47. The Balaban J connectivity index is 1.53. The van der Waals surface area contributed by atoms with Crippen LogP contribution in [0.2, 0.25) is 0 Å². The number of phenols is 1. The third-order valence-corrected chi connectivity index (χ3v) is 5.96. The molecule has 2 N–H and O–H groups in total. The van der Waals surface area contributed by atoms with E-state index in [1.54, 1.807) is 19.1 Å². The van der Waals surface area contributed by atoms with Crippen molar-refractivity contribution in [3.05, 3.63) is 64.8 Å². The highest BCUT2D eigenvalue weighted by molar-refractivity contribution is 6.09. The van der Waals surface area contributed by atoms with Crippen molar-refractivity contribution in [3.8, 4) is 5.75 Å². The summed E-state index contributed by atoms with van der Waals surface area (Å²) in [6.07, 6.45) is 0.0702. The number of hydrogen-bond acceptors (Lipinski definition) is 7. The molecule has 4 rings (SSSR count). The van der Waals surface area contributed by atoms with E-state index in [0.717, 1.165) is 5.57 Å². The molecule has 1 fully saturated rings. The van der Waals surface area contributed by atoms with Gasteiger partial charge in [-0.1, -0.05) is 24.3 Å². The number of benzene rings is 1. The Morgan fingerprint density at radius 3 is 2.67 bits per heavy atom. The molecule has 0 saturated carbocycles. The number of phenolic OH excluding ortho intramolecular Hbond substituents is 1. The Kier molecular flexibility index (Phi) is 5.07. The van der Waals surface area contributed by atoms with Crippen LogP contribution in [0.4, 0.5) is 0 Å². The quantitative estimate of drug-likeness (QED) is 0.575. The summed E-state index contributed by atoms with van der Waals surface area (Å²) in [7, 11) is 0. The fourth-order valence-electron chi connectivity index (χ4n) is 4.54. The van der Waals surface area contributed by atoms with Gasteiger partial charge in [0, 0.05) is 11.1 Å². The summed E-state index contributed by atoms with van der Waals surface area (Å²) in [6, 6.07) is 6.22. The van der Waals surface area contributed by atoms with E-state index in [1.807, 2.05) is 0 Å². The van der Waals surface area contributed by atoms with Crippen LogP contribution in [0.25, 0.3) is 0 Å². The zero-order valence-electron chi connectivity index (χ0n) is 16.5. The predicted octanol–water partition coefficient (Wildman–Crippen LogP) is 1.78. The molecule has 1 aromatic rings. The van der Waals surface area contributed by atoms with E-state index in [0.29, 0.717) is 16.7 Å². The largest absolute Gasteiger partial charge is 0.508 e. The lowest BCUT2D eigenvalue weighted by Crippen LogP contribution is -2.34. The Hall–Kier alpha value is -3.19. The van der Waals surface area contributed by atoms with Crippen molar-refractivity contribution < 1.29 is 34.1 Å². The summed E-state index contributed by atoms with van der Waals surface area (Å²) < 4.78 is 10.9. The second-order valence-electron chi connectivity index (χ2n) is 7.95. The van der Waals surface area contributed by atoms with Crippen molar-refractivity contribution >= 4 is 17.7 Å². The molecule has 1 heterocycles. The number of aliphatic hydroxyl groups is 1. The third-order valence-electron chi connectivity index (χ3n) is 5.96. The van der Waals surface area contributed by atoms with Crippen LogP contribution < -0.4 is 0 Å². The van der Waals surface area contributed by atoms with E-state index in [1.165, 1.54) is 18.2 Å². The third kappa shape index (κ3) is 3.45. The normalized spacial score (nSPS) is 27.9. The summed E-state index contributed by atoms with van der Waals surface area (Å²) in [5, 5.41) is 19.9. The van der Waals surface area contributed by atoms with Crippen LogP contribution in [0, 0.1) is 11.8 Å². The van der Waals surface area contributed by atoms with Crippen LogP contribution in [0.15, 0.2) is 59.2 Å². The number of esters is 2. The minimum absolute atomic E-state index is 0.0183. The standard InChI is InChI=1S/C23H22O7/c1-11-7-16(25)20-12(2)23(28)30-22(20)21-14(9-17(26)19(11)21)10-29-18(27)8-13-3-5-15(24)6-4-13/h3-6,9,16,20-22,24-25H,2,7-8,10H2,1H3/t16-,20-,21+,22+/m1/s1. The van der Waals surface area contributed by atoms with Gasteiger partial charge in [-0.15, -0.1) is 0 Å². The molecule has 0 radical (unpaired) electrons. The van der Waals surface area contributed by atoms with Gasteiger partial charge in [0.25, 0.3) is 0 Å². The van der Waals surface area contributed by atoms with Crippen molar-refractivity contribution in [2.75, 3.05) is 6.61 Å². The number of carbonyl (C=O) groups excluding carboxylic acids is 3. The molecule has 7 nitrogen and oxygen atoms in total. The van der Waals surface area contributed by atoms with Crippen molar-refractivity contribution in [3.63, 3.8) is 0 Å². The highest BCUT2D eigenvalue weighted by Gasteiger charge is 2.53. The maximum absolute atomic E-state index is 12.7.